The molecule has 2 nitrogen and oxygen atoms in total. The zero-order chi connectivity index (χ0) is 29.3. The van der Waals surface area contributed by atoms with Gasteiger partial charge in [0, 0.05) is 0 Å². The lowest BCUT2D eigenvalue weighted by atomic mass is 9.67. The van der Waals surface area contributed by atoms with Crippen LogP contribution in [0.15, 0.2) is 48.5 Å². The van der Waals surface area contributed by atoms with Crippen LogP contribution in [0.25, 0.3) is 11.1 Å². The van der Waals surface area contributed by atoms with E-state index in [0.717, 1.165) is 62.7 Å². The Morgan fingerprint density at radius 1 is 0.756 bits per heavy atom. The van der Waals surface area contributed by atoms with Crippen molar-refractivity contribution in [3.8, 4) is 22.9 Å². The summed E-state index contributed by atoms with van der Waals surface area (Å²) in [6.07, 6.45) is 21.3. The largest absolute Gasteiger partial charge is 0.494 e. The first-order valence-corrected chi connectivity index (χ1v) is 17.2. The summed E-state index contributed by atoms with van der Waals surface area (Å²) in [5.41, 5.74) is 3.86. The fraction of sp³-hybridized carbons (Fsp3) is 0.667. The van der Waals surface area contributed by atoms with Gasteiger partial charge in [0.1, 0.15) is 5.75 Å². The molecule has 0 amide bonds. The van der Waals surface area contributed by atoms with Gasteiger partial charge in [-0.1, -0.05) is 135 Å². The lowest BCUT2D eigenvalue weighted by Crippen LogP contribution is -2.25. The van der Waals surface area contributed by atoms with Crippen molar-refractivity contribution in [3.05, 3.63) is 54.1 Å². The Balaban J connectivity index is 1.39. The number of hydrogen-bond donors (Lipinski definition) is 0. The number of nitrogens with zero attached hydrogens (tertiary/aromatic N) is 1. The predicted octanol–water partition coefficient (Wildman–Crippen LogP) is 12.3. The van der Waals surface area contributed by atoms with E-state index in [1.807, 2.05) is 0 Å². The molecular weight excluding hydrogens is 498 g/mol. The Kier molecular flexibility index (Phi) is 14.8. The minimum absolute atomic E-state index is 0.0751. The van der Waals surface area contributed by atoms with Crippen molar-refractivity contribution in [1.29, 1.82) is 5.26 Å². The summed E-state index contributed by atoms with van der Waals surface area (Å²) in [4.78, 5) is 0. The van der Waals surface area contributed by atoms with Gasteiger partial charge in [0.2, 0.25) is 0 Å². The highest BCUT2D eigenvalue weighted by Gasteiger charge is 2.35. The standard InChI is InChI=1S/C39H59NO/c1-5-6-7-8-9-10-11-12-27-39(31-40)28-24-37(25-29-39)35-18-16-34(17-19-35)36-20-22-38(23-21-36)41-30-26-33(4)15-13-14-32(2)3/h16-23,32-33,37H,5-15,24-30H2,1-4H3/t33-,37?,39?/m1/s1. The van der Waals surface area contributed by atoms with Crippen molar-refractivity contribution in [3.63, 3.8) is 0 Å². The van der Waals surface area contributed by atoms with Crippen molar-refractivity contribution >= 4 is 0 Å². The van der Waals surface area contributed by atoms with Crippen LogP contribution in [0.5, 0.6) is 5.75 Å². The molecule has 1 saturated carbocycles. The molecule has 0 heterocycles. The molecule has 0 bridgehead atoms. The Morgan fingerprint density at radius 3 is 1.93 bits per heavy atom. The molecule has 0 aliphatic heterocycles. The van der Waals surface area contributed by atoms with Crippen LogP contribution < -0.4 is 4.74 Å². The van der Waals surface area contributed by atoms with Crippen molar-refractivity contribution < 1.29 is 4.74 Å². The molecular formula is C39H59NO. The summed E-state index contributed by atoms with van der Waals surface area (Å²) in [6.45, 7) is 10.0. The van der Waals surface area contributed by atoms with E-state index >= 15 is 0 Å². The molecule has 41 heavy (non-hydrogen) atoms. The third kappa shape index (κ3) is 11.9. The predicted molar refractivity (Wildman–Crippen MR) is 176 cm³/mol. The fourth-order valence-electron chi connectivity index (χ4n) is 6.61. The summed E-state index contributed by atoms with van der Waals surface area (Å²) in [5.74, 6) is 3.09. The Labute approximate surface area is 253 Å². The van der Waals surface area contributed by atoms with Gasteiger partial charge in [-0.2, -0.15) is 5.26 Å². The lowest BCUT2D eigenvalue weighted by Gasteiger charge is -2.35. The van der Waals surface area contributed by atoms with Gasteiger partial charge in [0.15, 0.2) is 0 Å². The molecule has 0 spiro atoms. The number of nitriles is 1. The smallest absolute Gasteiger partial charge is 0.119 e. The zero-order valence-corrected chi connectivity index (χ0v) is 26.9. The molecule has 1 fully saturated rings. The van der Waals surface area contributed by atoms with Crippen molar-refractivity contribution in [2.75, 3.05) is 6.61 Å². The van der Waals surface area contributed by atoms with Crippen LogP contribution in [0.1, 0.15) is 148 Å². The SMILES string of the molecule is CCCCCCCCCCC1(C#N)CCC(c2ccc(-c3ccc(OCC[C@H](C)CCCC(C)C)cc3)cc2)CC1. The first kappa shape index (κ1) is 33.2. The van der Waals surface area contributed by atoms with Crippen LogP contribution in [0, 0.1) is 28.6 Å². The van der Waals surface area contributed by atoms with Crippen LogP contribution in [-0.4, -0.2) is 6.61 Å². The van der Waals surface area contributed by atoms with Crippen LogP contribution in [-0.2, 0) is 0 Å². The van der Waals surface area contributed by atoms with Gasteiger partial charge in [-0.25, -0.2) is 0 Å². The number of ether oxygens (including phenoxy) is 1. The van der Waals surface area contributed by atoms with Gasteiger partial charge in [0.25, 0.3) is 0 Å². The second-order valence-corrected chi connectivity index (χ2v) is 13.6. The zero-order valence-electron chi connectivity index (χ0n) is 26.9. The van der Waals surface area contributed by atoms with Gasteiger partial charge in [-0.3, -0.25) is 0 Å². The number of hydrogen-bond acceptors (Lipinski definition) is 2. The van der Waals surface area contributed by atoms with E-state index < -0.39 is 0 Å². The molecule has 0 radical (unpaired) electrons. The van der Waals surface area contributed by atoms with Crippen molar-refractivity contribution in [1.82, 2.24) is 0 Å². The molecule has 1 aliphatic carbocycles. The van der Waals surface area contributed by atoms with E-state index in [1.165, 1.54) is 87.3 Å². The maximum absolute atomic E-state index is 10.0. The third-order valence-electron chi connectivity index (χ3n) is 9.62. The molecule has 1 atom stereocenters. The summed E-state index contributed by atoms with van der Waals surface area (Å²) in [7, 11) is 0. The number of unbranched alkanes of at least 4 members (excludes halogenated alkanes) is 7. The van der Waals surface area contributed by atoms with E-state index in [4.69, 9.17) is 4.74 Å². The summed E-state index contributed by atoms with van der Waals surface area (Å²) < 4.78 is 6.05. The van der Waals surface area contributed by atoms with Crippen LogP contribution >= 0.6 is 0 Å². The molecule has 0 N–H and O–H groups in total. The molecule has 3 rings (SSSR count). The van der Waals surface area contributed by atoms with Gasteiger partial charge in [0.05, 0.1) is 18.1 Å². The van der Waals surface area contributed by atoms with Gasteiger partial charge >= 0.3 is 0 Å². The van der Waals surface area contributed by atoms with E-state index in [0.29, 0.717) is 5.92 Å². The van der Waals surface area contributed by atoms with Gasteiger partial charge in [-0.15, -0.1) is 0 Å². The molecule has 2 aromatic rings. The quantitative estimate of drug-likeness (QED) is 0.161. The summed E-state index contributed by atoms with van der Waals surface area (Å²) in [6, 6.07) is 20.6. The molecule has 0 saturated heterocycles. The Bertz CT molecular complexity index is 991. The molecule has 1 aliphatic rings. The van der Waals surface area contributed by atoms with Gasteiger partial charge < -0.3 is 4.74 Å². The minimum Gasteiger partial charge on any atom is -0.494 e. The van der Waals surface area contributed by atoms with Crippen LogP contribution in [0.2, 0.25) is 0 Å². The fourth-order valence-corrected chi connectivity index (χ4v) is 6.61. The Morgan fingerprint density at radius 2 is 1.34 bits per heavy atom. The highest BCUT2D eigenvalue weighted by molar-refractivity contribution is 5.64. The highest BCUT2D eigenvalue weighted by Crippen LogP contribution is 2.46. The second kappa shape index (κ2) is 18.3. The molecule has 2 heteroatoms. The minimum atomic E-state index is -0.0751. The average molecular weight is 558 g/mol. The van der Waals surface area contributed by atoms with Gasteiger partial charge in [-0.05, 0) is 85.1 Å². The monoisotopic (exact) mass is 557 g/mol. The van der Waals surface area contributed by atoms with Crippen LogP contribution in [0.4, 0.5) is 0 Å². The lowest BCUT2D eigenvalue weighted by molar-refractivity contribution is 0.222. The molecule has 226 valence electrons. The van der Waals surface area contributed by atoms with Crippen molar-refractivity contribution in [2.24, 2.45) is 17.3 Å². The second-order valence-electron chi connectivity index (χ2n) is 13.6. The third-order valence-corrected chi connectivity index (χ3v) is 9.62. The van der Waals surface area contributed by atoms with E-state index in [2.05, 4.69) is 82.3 Å². The first-order valence-electron chi connectivity index (χ1n) is 17.2. The summed E-state index contributed by atoms with van der Waals surface area (Å²) >= 11 is 0. The van der Waals surface area contributed by atoms with Crippen LogP contribution in [0.3, 0.4) is 0 Å². The highest BCUT2D eigenvalue weighted by atomic mass is 16.5. The molecule has 0 aromatic heterocycles. The van der Waals surface area contributed by atoms with Crippen molar-refractivity contribution in [2.45, 2.75) is 143 Å². The molecule has 2 aromatic carbocycles. The molecule has 0 unspecified atom stereocenters. The number of benzene rings is 2. The van der Waals surface area contributed by atoms with E-state index in [-0.39, 0.29) is 5.41 Å². The average Bonchev–Trinajstić information content (AvgIpc) is 2.99. The maximum Gasteiger partial charge on any atom is 0.119 e. The number of rotatable bonds is 19. The normalized spacial score (nSPS) is 19.7. The summed E-state index contributed by atoms with van der Waals surface area (Å²) in [5, 5.41) is 10.0. The van der Waals surface area contributed by atoms with E-state index in [1.54, 1.807) is 0 Å². The Hall–Kier alpha value is -2.27. The van der Waals surface area contributed by atoms with E-state index in [9.17, 15) is 5.26 Å². The first-order chi connectivity index (χ1) is 19.9. The maximum atomic E-state index is 10.0. The topological polar surface area (TPSA) is 33.0 Å².